The van der Waals surface area contributed by atoms with Crippen molar-refractivity contribution in [1.82, 2.24) is 9.97 Å². The van der Waals surface area contributed by atoms with Crippen molar-refractivity contribution in [2.75, 3.05) is 0 Å². The SMILES string of the molecule is Fc1ccc(-c2cnc(C3CC3)[nH]2)c(F)c1. The lowest BCUT2D eigenvalue weighted by Crippen LogP contribution is -1.87. The van der Waals surface area contributed by atoms with E-state index in [0.29, 0.717) is 17.2 Å². The molecule has 0 unspecified atom stereocenters. The van der Waals surface area contributed by atoms with Crippen molar-refractivity contribution in [3.8, 4) is 11.3 Å². The highest BCUT2D eigenvalue weighted by molar-refractivity contribution is 5.59. The van der Waals surface area contributed by atoms with Crippen LogP contribution in [0, 0.1) is 11.6 Å². The highest BCUT2D eigenvalue weighted by atomic mass is 19.1. The monoisotopic (exact) mass is 220 g/mol. The van der Waals surface area contributed by atoms with Crippen LogP contribution in [0.15, 0.2) is 24.4 Å². The maximum absolute atomic E-state index is 13.5. The Balaban J connectivity index is 2.00. The van der Waals surface area contributed by atoms with Crippen LogP contribution < -0.4 is 0 Å². The molecule has 3 rings (SSSR count). The molecular formula is C12H10F2N2. The van der Waals surface area contributed by atoms with Crippen LogP contribution in [0.25, 0.3) is 11.3 Å². The molecule has 4 heteroatoms. The molecule has 1 fully saturated rings. The van der Waals surface area contributed by atoms with E-state index in [2.05, 4.69) is 9.97 Å². The van der Waals surface area contributed by atoms with Crippen LogP contribution in [0.4, 0.5) is 8.78 Å². The van der Waals surface area contributed by atoms with E-state index in [1.165, 1.54) is 12.1 Å². The molecule has 0 aliphatic heterocycles. The number of nitrogens with zero attached hydrogens (tertiary/aromatic N) is 1. The first kappa shape index (κ1) is 9.51. The number of hydrogen-bond acceptors (Lipinski definition) is 1. The van der Waals surface area contributed by atoms with E-state index in [-0.39, 0.29) is 0 Å². The van der Waals surface area contributed by atoms with Crippen molar-refractivity contribution in [2.24, 2.45) is 0 Å². The fraction of sp³-hybridized carbons (Fsp3) is 0.250. The Kier molecular flexibility index (Phi) is 2.02. The van der Waals surface area contributed by atoms with Gasteiger partial charge in [-0.3, -0.25) is 0 Å². The molecule has 82 valence electrons. The van der Waals surface area contributed by atoms with Gasteiger partial charge in [-0.05, 0) is 25.0 Å². The summed E-state index contributed by atoms with van der Waals surface area (Å²) in [6.07, 6.45) is 3.88. The average Bonchev–Trinajstić information content (AvgIpc) is 2.98. The number of H-pyrrole nitrogens is 1. The van der Waals surface area contributed by atoms with Gasteiger partial charge in [0.15, 0.2) is 0 Å². The standard InChI is InChI=1S/C12H10F2N2/c13-8-3-4-9(10(14)5-8)11-6-15-12(16-11)7-1-2-7/h3-7H,1-2H2,(H,15,16). The predicted octanol–water partition coefficient (Wildman–Crippen LogP) is 3.23. The summed E-state index contributed by atoms with van der Waals surface area (Å²) in [6, 6.07) is 3.55. The summed E-state index contributed by atoms with van der Waals surface area (Å²) in [4.78, 5) is 7.28. The first-order chi connectivity index (χ1) is 7.74. The second kappa shape index (κ2) is 3.40. The summed E-state index contributed by atoms with van der Waals surface area (Å²) in [5.41, 5.74) is 0.972. The summed E-state index contributed by atoms with van der Waals surface area (Å²) in [6.45, 7) is 0. The minimum absolute atomic E-state index is 0.362. The normalized spacial score (nSPS) is 15.4. The number of rotatable bonds is 2. The summed E-state index contributed by atoms with van der Waals surface area (Å²) < 4.78 is 26.2. The molecule has 1 saturated carbocycles. The molecular weight excluding hydrogens is 210 g/mol. The molecule has 0 bridgehead atoms. The summed E-state index contributed by atoms with van der Waals surface area (Å²) in [5.74, 6) is 0.269. The Labute approximate surface area is 91.3 Å². The Morgan fingerprint density at radius 3 is 2.75 bits per heavy atom. The average molecular weight is 220 g/mol. The number of benzene rings is 1. The number of imidazole rings is 1. The van der Waals surface area contributed by atoms with Gasteiger partial charge in [0.25, 0.3) is 0 Å². The van der Waals surface area contributed by atoms with E-state index < -0.39 is 11.6 Å². The van der Waals surface area contributed by atoms with Gasteiger partial charge in [0, 0.05) is 17.5 Å². The molecule has 1 aliphatic carbocycles. The van der Waals surface area contributed by atoms with E-state index in [1.54, 1.807) is 6.20 Å². The molecule has 1 N–H and O–H groups in total. The Morgan fingerprint density at radius 1 is 1.25 bits per heavy atom. The lowest BCUT2D eigenvalue weighted by atomic mass is 10.1. The van der Waals surface area contributed by atoms with Gasteiger partial charge in [-0.1, -0.05) is 0 Å². The lowest BCUT2D eigenvalue weighted by Gasteiger charge is -1.99. The zero-order valence-corrected chi connectivity index (χ0v) is 8.50. The van der Waals surface area contributed by atoms with Crippen LogP contribution in [0.3, 0.4) is 0 Å². The van der Waals surface area contributed by atoms with Gasteiger partial charge in [0.2, 0.25) is 0 Å². The van der Waals surface area contributed by atoms with Crippen LogP contribution in [0.1, 0.15) is 24.6 Å². The first-order valence-corrected chi connectivity index (χ1v) is 5.24. The number of nitrogens with one attached hydrogen (secondary N) is 1. The Hall–Kier alpha value is -1.71. The molecule has 1 aliphatic rings. The second-order valence-corrected chi connectivity index (χ2v) is 4.08. The van der Waals surface area contributed by atoms with E-state index in [9.17, 15) is 8.78 Å². The Bertz CT molecular complexity index is 530. The molecule has 1 aromatic heterocycles. The highest BCUT2D eigenvalue weighted by Gasteiger charge is 2.26. The quantitative estimate of drug-likeness (QED) is 0.826. The van der Waals surface area contributed by atoms with Crippen molar-refractivity contribution in [3.05, 3.63) is 41.9 Å². The van der Waals surface area contributed by atoms with Crippen molar-refractivity contribution in [2.45, 2.75) is 18.8 Å². The van der Waals surface area contributed by atoms with Crippen LogP contribution in [-0.4, -0.2) is 9.97 Å². The number of hydrogen-bond donors (Lipinski definition) is 1. The molecule has 0 spiro atoms. The fourth-order valence-electron chi connectivity index (χ4n) is 1.75. The van der Waals surface area contributed by atoms with Gasteiger partial charge >= 0.3 is 0 Å². The van der Waals surface area contributed by atoms with Crippen LogP contribution in [0.2, 0.25) is 0 Å². The molecule has 2 aromatic rings. The Morgan fingerprint density at radius 2 is 2.06 bits per heavy atom. The van der Waals surface area contributed by atoms with Crippen LogP contribution in [0.5, 0.6) is 0 Å². The molecule has 16 heavy (non-hydrogen) atoms. The number of aromatic amines is 1. The van der Waals surface area contributed by atoms with Crippen molar-refractivity contribution < 1.29 is 8.78 Å². The van der Waals surface area contributed by atoms with Crippen LogP contribution in [-0.2, 0) is 0 Å². The summed E-state index contributed by atoms with van der Waals surface area (Å²) in [7, 11) is 0. The summed E-state index contributed by atoms with van der Waals surface area (Å²) in [5, 5.41) is 0. The molecule has 0 radical (unpaired) electrons. The maximum atomic E-state index is 13.5. The van der Waals surface area contributed by atoms with Crippen molar-refractivity contribution >= 4 is 0 Å². The van der Waals surface area contributed by atoms with Gasteiger partial charge in [-0.2, -0.15) is 0 Å². The van der Waals surface area contributed by atoms with E-state index in [1.807, 2.05) is 0 Å². The highest BCUT2D eigenvalue weighted by Crippen LogP contribution is 2.39. The molecule has 2 nitrogen and oxygen atoms in total. The zero-order chi connectivity index (χ0) is 11.1. The van der Waals surface area contributed by atoms with Gasteiger partial charge in [0.05, 0.1) is 11.9 Å². The lowest BCUT2D eigenvalue weighted by molar-refractivity contribution is 0.585. The summed E-state index contributed by atoms with van der Waals surface area (Å²) >= 11 is 0. The van der Waals surface area contributed by atoms with Gasteiger partial charge in [-0.25, -0.2) is 13.8 Å². The number of halogens is 2. The largest absolute Gasteiger partial charge is 0.342 e. The molecule has 0 saturated heterocycles. The van der Waals surface area contributed by atoms with Gasteiger partial charge in [-0.15, -0.1) is 0 Å². The van der Waals surface area contributed by atoms with Gasteiger partial charge in [0.1, 0.15) is 17.5 Å². The minimum Gasteiger partial charge on any atom is -0.342 e. The van der Waals surface area contributed by atoms with Gasteiger partial charge < -0.3 is 4.98 Å². The topological polar surface area (TPSA) is 28.7 Å². The van der Waals surface area contributed by atoms with Crippen molar-refractivity contribution in [3.63, 3.8) is 0 Å². The van der Waals surface area contributed by atoms with E-state index in [0.717, 1.165) is 24.7 Å². The fourth-order valence-corrected chi connectivity index (χ4v) is 1.75. The number of aromatic nitrogens is 2. The predicted molar refractivity (Wildman–Crippen MR) is 55.9 cm³/mol. The van der Waals surface area contributed by atoms with Crippen molar-refractivity contribution in [1.29, 1.82) is 0 Å². The third kappa shape index (κ3) is 1.60. The molecule has 0 amide bonds. The molecule has 1 heterocycles. The van der Waals surface area contributed by atoms with E-state index >= 15 is 0 Å². The third-order valence-electron chi connectivity index (χ3n) is 2.78. The smallest absolute Gasteiger partial charge is 0.135 e. The molecule has 1 aromatic carbocycles. The van der Waals surface area contributed by atoms with E-state index in [4.69, 9.17) is 0 Å². The first-order valence-electron chi connectivity index (χ1n) is 5.24. The third-order valence-corrected chi connectivity index (χ3v) is 2.78. The van der Waals surface area contributed by atoms with Crippen LogP contribution >= 0.6 is 0 Å². The maximum Gasteiger partial charge on any atom is 0.135 e. The minimum atomic E-state index is -0.566. The second-order valence-electron chi connectivity index (χ2n) is 4.08. The zero-order valence-electron chi connectivity index (χ0n) is 8.50. The molecule has 0 atom stereocenters.